The number of nitrogens with zero attached hydrogens (tertiary/aromatic N) is 1. The van der Waals surface area contributed by atoms with Gasteiger partial charge in [-0.15, -0.1) is 0 Å². The first-order chi connectivity index (χ1) is 12.3. The fourth-order valence-electron chi connectivity index (χ4n) is 3.08. The van der Waals surface area contributed by atoms with Crippen LogP contribution >= 0.6 is 11.6 Å². The lowest BCUT2D eigenvalue weighted by molar-refractivity contribution is 0.0199. The van der Waals surface area contributed by atoms with Crippen LogP contribution in [0.25, 0.3) is 5.57 Å². The zero-order valence-corrected chi connectivity index (χ0v) is 17.9. The quantitative estimate of drug-likeness (QED) is 0.577. The maximum atomic E-state index is 12.2. The molecule has 146 valence electrons. The summed E-state index contributed by atoms with van der Waals surface area (Å²) in [4.78, 5) is 14.0. The van der Waals surface area contributed by atoms with Crippen LogP contribution in [0, 0.1) is 5.92 Å². The van der Waals surface area contributed by atoms with Crippen LogP contribution in [0.3, 0.4) is 0 Å². The van der Waals surface area contributed by atoms with Crippen LogP contribution in [0.2, 0.25) is 5.02 Å². The van der Waals surface area contributed by atoms with Crippen molar-refractivity contribution in [1.82, 2.24) is 4.90 Å². The summed E-state index contributed by atoms with van der Waals surface area (Å²) in [6.45, 7) is 13.4. The Bertz CT molecular complexity index is 579. The number of piperidine rings is 1. The van der Waals surface area contributed by atoms with Crippen molar-refractivity contribution in [2.24, 2.45) is 5.92 Å². The minimum absolute atomic E-state index is 0.200. The van der Waals surface area contributed by atoms with E-state index in [0.717, 1.165) is 37.4 Å². The highest BCUT2D eigenvalue weighted by atomic mass is 35.5. The number of carbonyl (C=O) groups is 1. The fraction of sp³-hybridized carbons (Fsp3) is 0.591. The second kappa shape index (κ2) is 10.6. The fourth-order valence-corrected chi connectivity index (χ4v) is 3.21. The molecular weight excluding hydrogens is 346 g/mol. The Morgan fingerprint density at radius 3 is 2.19 bits per heavy atom. The topological polar surface area (TPSA) is 29.5 Å². The van der Waals surface area contributed by atoms with Crippen molar-refractivity contribution in [3.8, 4) is 0 Å². The van der Waals surface area contributed by atoms with Gasteiger partial charge in [-0.05, 0) is 69.2 Å². The number of likely N-dealkylation sites (tertiary alicyclic amines) is 1. The minimum Gasteiger partial charge on any atom is -0.444 e. The summed E-state index contributed by atoms with van der Waals surface area (Å²) in [6, 6.07) is 8.06. The predicted octanol–water partition coefficient (Wildman–Crippen LogP) is 6.81. The van der Waals surface area contributed by atoms with Gasteiger partial charge >= 0.3 is 6.09 Å². The largest absolute Gasteiger partial charge is 0.444 e. The summed E-state index contributed by atoms with van der Waals surface area (Å²) in [5.41, 5.74) is 2.17. The van der Waals surface area contributed by atoms with Gasteiger partial charge in [0.15, 0.2) is 0 Å². The third kappa shape index (κ3) is 7.03. The van der Waals surface area contributed by atoms with Crippen molar-refractivity contribution < 1.29 is 9.53 Å². The lowest BCUT2D eigenvalue weighted by Gasteiger charge is -2.34. The Morgan fingerprint density at radius 2 is 1.73 bits per heavy atom. The zero-order chi connectivity index (χ0) is 19.7. The Labute approximate surface area is 164 Å². The molecule has 1 amide bonds. The third-order valence-electron chi connectivity index (χ3n) is 4.19. The molecule has 1 aromatic carbocycles. The van der Waals surface area contributed by atoms with Crippen molar-refractivity contribution in [3.63, 3.8) is 0 Å². The summed E-state index contributed by atoms with van der Waals surface area (Å²) in [5, 5.41) is 0.759. The molecule has 26 heavy (non-hydrogen) atoms. The number of amides is 1. The highest BCUT2D eigenvalue weighted by molar-refractivity contribution is 6.30. The van der Waals surface area contributed by atoms with E-state index in [1.165, 1.54) is 11.1 Å². The van der Waals surface area contributed by atoms with Gasteiger partial charge in [-0.1, -0.05) is 50.6 Å². The van der Waals surface area contributed by atoms with Crippen molar-refractivity contribution in [1.29, 1.82) is 0 Å². The van der Waals surface area contributed by atoms with Crippen molar-refractivity contribution in [2.75, 3.05) is 13.1 Å². The molecule has 4 heteroatoms. The monoisotopic (exact) mass is 379 g/mol. The third-order valence-corrected chi connectivity index (χ3v) is 4.44. The van der Waals surface area contributed by atoms with E-state index in [1.807, 2.05) is 51.7 Å². The van der Waals surface area contributed by atoms with Gasteiger partial charge in [-0.3, -0.25) is 0 Å². The van der Waals surface area contributed by atoms with E-state index in [2.05, 4.69) is 25.1 Å². The van der Waals surface area contributed by atoms with E-state index in [0.29, 0.717) is 5.92 Å². The van der Waals surface area contributed by atoms with E-state index in [4.69, 9.17) is 16.3 Å². The van der Waals surface area contributed by atoms with Crippen LogP contribution < -0.4 is 0 Å². The van der Waals surface area contributed by atoms with Crippen LogP contribution in [0.5, 0.6) is 0 Å². The lowest BCUT2D eigenvalue weighted by atomic mass is 9.84. The number of halogens is 1. The molecule has 0 radical (unpaired) electrons. The van der Waals surface area contributed by atoms with Gasteiger partial charge in [0.2, 0.25) is 0 Å². The molecule has 0 N–H and O–H groups in total. The van der Waals surface area contributed by atoms with Gasteiger partial charge in [0.05, 0.1) is 0 Å². The number of hydrogen-bond donors (Lipinski definition) is 0. The summed E-state index contributed by atoms with van der Waals surface area (Å²) >= 11 is 6.01. The first kappa shape index (κ1) is 22.6. The number of hydrogen-bond acceptors (Lipinski definition) is 2. The van der Waals surface area contributed by atoms with Gasteiger partial charge < -0.3 is 9.64 Å². The number of ether oxygens (including phenoxy) is 1. The molecule has 0 aliphatic carbocycles. The summed E-state index contributed by atoms with van der Waals surface area (Å²) in [5.74, 6) is 0.477. The van der Waals surface area contributed by atoms with E-state index < -0.39 is 5.60 Å². The summed E-state index contributed by atoms with van der Waals surface area (Å²) in [6.07, 6.45) is 5.04. The molecule has 1 aliphatic rings. The highest BCUT2D eigenvalue weighted by Crippen LogP contribution is 2.33. The van der Waals surface area contributed by atoms with Crippen LogP contribution in [0.1, 0.15) is 66.4 Å². The number of rotatable bonds is 3. The molecular formula is C22H34ClNO2. The van der Waals surface area contributed by atoms with E-state index in [9.17, 15) is 4.79 Å². The van der Waals surface area contributed by atoms with E-state index in [-0.39, 0.29) is 6.09 Å². The Hall–Kier alpha value is -1.48. The lowest BCUT2D eigenvalue weighted by Crippen LogP contribution is -2.41. The van der Waals surface area contributed by atoms with Crippen LogP contribution in [0.15, 0.2) is 30.3 Å². The molecule has 0 spiro atoms. The summed E-state index contributed by atoms with van der Waals surface area (Å²) in [7, 11) is 0. The first-order valence-electron chi connectivity index (χ1n) is 9.74. The first-order valence-corrected chi connectivity index (χ1v) is 10.1. The normalized spacial score (nSPS) is 16.0. The van der Waals surface area contributed by atoms with Crippen LogP contribution in [-0.2, 0) is 4.74 Å². The number of benzene rings is 1. The second-order valence-corrected chi connectivity index (χ2v) is 7.75. The molecule has 1 saturated heterocycles. The maximum Gasteiger partial charge on any atom is 0.410 e. The smallest absolute Gasteiger partial charge is 0.410 e. The molecule has 0 saturated carbocycles. The van der Waals surface area contributed by atoms with E-state index in [1.54, 1.807) is 0 Å². The van der Waals surface area contributed by atoms with Crippen molar-refractivity contribution in [3.05, 3.63) is 40.9 Å². The SMILES string of the molecule is CC.CC/C=C(\c1ccc(Cl)cc1)C1CCN(C(=O)OC(C)(C)C)CC1. The van der Waals surface area contributed by atoms with E-state index >= 15 is 0 Å². The van der Waals surface area contributed by atoms with Gasteiger partial charge in [0.1, 0.15) is 5.60 Å². The molecule has 1 fully saturated rings. The molecule has 0 bridgehead atoms. The molecule has 0 unspecified atom stereocenters. The zero-order valence-electron chi connectivity index (χ0n) is 17.1. The highest BCUT2D eigenvalue weighted by Gasteiger charge is 2.28. The number of carbonyl (C=O) groups excluding carboxylic acids is 1. The molecule has 0 atom stereocenters. The Kier molecular flexibility index (Phi) is 9.21. The Morgan fingerprint density at radius 1 is 1.19 bits per heavy atom. The predicted molar refractivity (Wildman–Crippen MR) is 112 cm³/mol. The molecule has 1 aromatic rings. The van der Waals surface area contributed by atoms with Crippen LogP contribution in [-0.4, -0.2) is 29.7 Å². The van der Waals surface area contributed by atoms with Crippen molar-refractivity contribution >= 4 is 23.3 Å². The number of allylic oxidation sites excluding steroid dienone is 2. The standard InChI is InChI=1S/C20H28ClNO2.C2H6/c1-5-6-18(15-7-9-17(21)10-8-15)16-11-13-22(14-12-16)19(23)24-20(2,3)4;1-2/h6-10,16H,5,11-14H2,1-4H3;1-2H3/b18-6+;. The molecule has 1 heterocycles. The second-order valence-electron chi connectivity index (χ2n) is 7.32. The van der Waals surface area contributed by atoms with Crippen molar-refractivity contribution in [2.45, 2.75) is 66.4 Å². The average molecular weight is 380 g/mol. The molecule has 3 nitrogen and oxygen atoms in total. The van der Waals surface area contributed by atoms with Gasteiger partial charge in [-0.25, -0.2) is 4.79 Å². The Balaban J connectivity index is 0.00000163. The van der Waals surface area contributed by atoms with Crippen LogP contribution in [0.4, 0.5) is 4.79 Å². The van der Waals surface area contributed by atoms with Gasteiger partial charge in [0, 0.05) is 18.1 Å². The molecule has 0 aromatic heterocycles. The average Bonchev–Trinajstić information content (AvgIpc) is 2.61. The maximum absolute atomic E-state index is 12.2. The molecule has 1 aliphatic heterocycles. The minimum atomic E-state index is -0.440. The van der Waals surface area contributed by atoms with Gasteiger partial charge in [-0.2, -0.15) is 0 Å². The molecule has 2 rings (SSSR count). The summed E-state index contributed by atoms with van der Waals surface area (Å²) < 4.78 is 5.48. The van der Waals surface area contributed by atoms with Gasteiger partial charge in [0.25, 0.3) is 0 Å².